The summed E-state index contributed by atoms with van der Waals surface area (Å²) in [6.45, 7) is 1.80. The van der Waals surface area contributed by atoms with Gasteiger partial charge in [0.05, 0.1) is 4.92 Å². The van der Waals surface area contributed by atoms with Crippen molar-refractivity contribution in [3.63, 3.8) is 0 Å². The van der Waals surface area contributed by atoms with Gasteiger partial charge in [0, 0.05) is 34.9 Å². The molecule has 0 aliphatic heterocycles. The van der Waals surface area contributed by atoms with Crippen molar-refractivity contribution in [2.75, 3.05) is 23.8 Å². The molecule has 7 nitrogen and oxygen atoms in total. The van der Waals surface area contributed by atoms with Crippen LogP contribution in [0.3, 0.4) is 0 Å². The highest BCUT2D eigenvalue weighted by molar-refractivity contribution is 7.84. The maximum atomic E-state index is 13.6. The number of nitro benzene ring substituents is 1. The van der Waals surface area contributed by atoms with E-state index in [-0.39, 0.29) is 12.3 Å². The number of rotatable bonds is 6. The van der Waals surface area contributed by atoms with Gasteiger partial charge in [-0.15, -0.1) is 0 Å². The average Bonchev–Trinajstić information content (AvgIpc) is 2.38. The Bertz CT molecular complexity index is 565. The van der Waals surface area contributed by atoms with Gasteiger partial charge in [-0.05, 0) is 6.07 Å². The molecule has 0 saturated carbocycles. The van der Waals surface area contributed by atoms with Gasteiger partial charge in [-0.25, -0.2) is 4.39 Å². The first-order chi connectivity index (χ1) is 9.38. The van der Waals surface area contributed by atoms with E-state index in [9.17, 15) is 23.5 Å². The van der Waals surface area contributed by atoms with Crippen molar-refractivity contribution in [3.05, 3.63) is 33.6 Å². The number of carbonyl (C=O) groups excluding carboxylic acids is 1. The lowest BCUT2D eigenvalue weighted by atomic mass is 10.1. The van der Waals surface area contributed by atoms with Crippen LogP contribution in [-0.2, 0) is 10.8 Å². The minimum absolute atomic E-state index is 0.0703. The minimum atomic E-state index is -1.07. The van der Waals surface area contributed by atoms with Crippen LogP contribution in [0.2, 0.25) is 0 Å². The number of hydrogen-bond donors (Lipinski definition) is 2. The average molecular weight is 303 g/mol. The van der Waals surface area contributed by atoms with E-state index < -0.39 is 44.4 Å². The number of carbonyl (C=O) groups is 1. The normalized spacial score (nSPS) is 11.9. The van der Waals surface area contributed by atoms with E-state index in [4.69, 9.17) is 5.73 Å². The van der Waals surface area contributed by atoms with Crippen molar-refractivity contribution in [2.24, 2.45) is 0 Å². The van der Waals surface area contributed by atoms with E-state index in [1.807, 2.05) is 0 Å². The second-order valence-corrected chi connectivity index (χ2v) is 5.67. The van der Waals surface area contributed by atoms with Gasteiger partial charge in [0.25, 0.3) is 11.6 Å². The Labute approximate surface area is 117 Å². The number of nitrogen functional groups attached to an aromatic ring is 1. The van der Waals surface area contributed by atoms with Crippen LogP contribution in [0.5, 0.6) is 0 Å². The number of benzene rings is 1. The number of nitro groups is 1. The fourth-order valence-electron chi connectivity index (χ4n) is 1.48. The van der Waals surface area contributed by atoms with Crippen molar-refractivity contribution in [3.8, 4) is 0 Å². The number of nitrogens with two attached hydrogens (primary N) is 1. The first kappa shape index (κ1) is 16.0. The maximum absolute atomic E-state index is 13.6. The minimum Gasteiger partial charge on any atom is -0.392 e. The molecule has 0 heterocycles. The molecule has 0 saturated heterocycles. The Morgan fingerprint density at radius 3 is 2.75 bits per heavy atom. The van der Waals surface area contributed by atoms with Gasteiger partial charge in [0.15, 0.2) is 0 Å². The van der Waals surface area contributed by atoms with Crippen LogP contribution in [-0.4, -0.2) is 33.1 Å². The van der Waals surface area contributed by atoms with Crippen LogP contribution in [0.25, 0.3) is 0 Å². The van der Waals surface area contributed by atoms with Crippen LogP contribution in [0.15, 0.2) is 12.1 Å². The third kappa shape index (κ3) is 3.73. The SMILES string of the molecule is CCS(=O)CCNC(=O)c1c(F)ccc([N+](=O)[O-])c1N. The van der Waals surface area contributed by atoms with Gasteiger partial charge < -0.3 is 11.1 Å². The molecule has 20 heavy (non-hydrogen) atoms. The van der Waals surface area contributed by atoms with Gasteiger partial charge in [0.1, 0.15) is 17.1 Å². The summed E-state index contributed by atoms with van der Waals surface area (Å²) in [4.78, 5) is 21.7. The molecular formula is C11H14FN3O4S. The van der Waals surface area contributed by atoms with E-state index in [0.717, 1.165) is 12.1 Å². The lowest BCUT2D eigenvalue weighted by Gasteiger charge is -2.08. The van der Waals surface area contributed by atoms with Crippen molar-refractivity contribution < 1.29 is 18.3 Å². The molecule has 110 valence electrons. The van der Waals surface area contributed by atoms with Crippen molar-refractivity contribution in [1.29, 1.82) is 0 Å². The molecule has 0 bridgehead atoms. The molecule has 1 unspecified atom stereocenters. The lowest BCUT2D eigenvalue weighted by molar-refractivity contribution is -0.384. The summed E-state index contributed by atoms with van der Waals surface area (Å²) in [5, 5.41) is 13.0. The van der Waals surface area contributed by atoms with E-state index >= 15 is 0 Å². The smallest absolute Gasteiger partial charge is 0.293 e. The number of hydrogen-bond acceptors (Lipinski definition) is 5. The van der Waals surface area contributed by atoms with Crippen molar-refractivity contribution >= 4 is 28.1 Å². The van der Waals surface area contributed by atoms with Crippen LogP contribution >= 0.6 is 0 Å². The molecule has 0 spiro atoms. The first-order valence-corrected chi connectivity index (χ1v) is 7.22. The first-order valence-electron chi connectivity index (χ1n) is 5.74. The summed E-state index contributed by atoms with van der Waals surface area (Å²) >= 11 is 0. The standard InChI is InChI=1S/C11H14FN3O4S/c1-2-20(19)6-5-14-11(16)9-7(12)3-4-8(10(9)13)15(17)18/h3-4H,2,5-6,13H2,1H3,(H,14,16). The van der Waals surface area contributed by atoms with Crippen molar-refractivity contribution in [1.82, 2.24) is 5.32 Å². The maximum Gasteiger partial charge on any atom is 0.293 e. The molecule has 0 radical (unpaired) electrons. The Balaban J connectivity index is 2.90. The quantitative estimate of drug-likeness (QED) is 0.458. The highest BCUT2D eigenvalue weighted by atomic mass is 32.2. The fraction of sp³-hybridized carbons (Fsp3) is 0.364. The zero-order chi connectivity index (χ0) is 15.3. The molecule has 1 rings (SSSR count). The van der Waals surface area contributed by atoms with Crippen molar-refractivity contribution in [2.45, 2.75) is 6.92 Å². The number of nitrogens with zero attached hydrogens (tertiary/aromatic N) is 1. The molecule has 0 aliphatic carbocycles. The summed E-state index contributed by atoms with van der Waals surface area (Å²) in [6.07, 6.45) is 0. The van der Waals surface area contributed by atoms with Gasteiger partial charge >= 0.3 is 0 Å². The number of anilines is 1. The molecule has 3 N–H and O–H groups in total. The summed E-state index contributed by atoms with van der Waals surface area (Å²) in [5.74, 6) is -1.14. The predicted molar refractivity (Wildman–Crippen MR) is 73.4 cm³/mol. The number of halogens is 1. The number of nitrogens with one attached hydrogen (secondary N) is 1. The van der Waals surface area contributed by atoms with Gasteiger partial charge in [-0.1, -0.05) is 6.92 Å². The molecule has 0 aliphatic rings. The molecule has 1 atom stereocenters. The topological polar surface area (TPSA) is 115 Å². The molecule has 1 aromatic carbocycles. The Morgan fingerprint density at radius 1 is 1.55 bits per heavy atom. The van der Waals surface area contributed by atoms with Gasteiger partial charge in [0.2, 0.25) is 0 Å². The fourth-order valence-corrected chi connectivity index (χ4v) is 2.10. The van der Waals surface area contributed by atoms with E-state index in [1.54, 1.807) is 6.92 Å². The van der Waals surface area contributed by atoms with E-state index in [2.05, 4.69) is 5.32 Å². The highest BCUT2D eigenvalue weighted by Gasteiger charge is 2.23. The second-order valence-electron chi connectivity index (χ2n) is 3.80. The molecule has 1 amide bonds. The number of amides is 1. The lowest BCUT2D eigenvalue weighted by Crippen LogP contribution is -2.29. The Kier molecular flexibility index (Phi) is 5.56. The largest absolute Gasteiger partial charge is 0.392 e. The summed E-state index contributed by atoms with van der Waals surface area (Å²) in [7, 11) is -1.07. The molecule has 0 aromatic heterocycles. The summed E-state index contributed by atoms with van der Waals surface area (Å²) < 4.78 is 24.8. The monoisotopic (exact) mass is 303 g/mol. The van der Waals surface area contributed by atoms with Crippen LogP contribution in [0.4, 0.5) is 15.8 Å². The molecule has 0 fully saturated rings. The Hall–Kier alpha value is -2.03. The molecular weight excluding hydrogens is 289 g/mol. The summed E-state index contributed by atoms with van der Waals surface area (Å²) in [6, 6.07) is 1.71. The zero-order valence-corrected chi connectivity index (χ0v) is 11.5. The van der Waals surface area contributed by atoms with E-state index in [1.165, 1.54) is 0 Å². The third-order valence-corrected chi connectivity index (χ3v) is 3.84. The van der Waals surface area contributed by atoms with Gasteiger partial charge in [-0.2, -0.15) is 0 Å². The van der Waals surface area contributed by atoms with Crippen LogP contribution in [0, 0.1) is 15.9 Å². The van der Waals surface area contributed by atoms with Crippen LogP contribution < -0.4 is 11.1 Å². The summed E-state index contributed by atoms with van der Waals surface area (Å²) in [5.41, 5.74) is 3.82. The van der Waals surface area contributed by atoms with Crippen LogP contribution in [0.1, 0.15) is 17.3 Å². The highest BCUT2D eigenvalue weighted by Crippen LogP contribution is 2.27. The van der Waals surface area contributed by atoms with E-state index in [0.29, 0.717) is 5.75 Å². The third-order valence-electron chi connectivity index (χ3n) is 2.53. The van der Waals surface area contributed by atoms with Gasteiger partial charge in [-0.3, -0.25) is 19.1 Å². The Morgan fingerprint density at radius 2 is 2.20 bits per heavy atom. The molecule has 1 aromatic rings. The second kappa shape index (κ2) is 6.94. The zero-order valence-electron chi connectivity index (χ0n) is 10.7. The molecule has 9 heteroatoms. The predicted octanol–water partition coefficient (Wildman–Crippen LogP) is 0.814.